The molecule has 6 fully saturated rings. The van der Waals surface area contributed by atoms with Crippen LogP contribution in [-0.2, 0) is 14.2 Å². The van der Waals surface area contributed by atoms with Crippen molar-refractivity contribution in [3.63, 3.8) is 0 Å². The fourth-order valence-corrected chi connectivity index (χ4v) is 5.91. The van der Waals surface area contributed by atoms with Crippen LogP contribution in [0.15, 0.2) is 29.5 Å². The van der Waals surface area contributed by atoms with Crippen molar-refractivity contribution in [2.45, 2.75) is 76.5 Å². The van der Waals surface area contributed by atoms with Gasteiger partial charge in [0.2, 0.25) is 0 Å². The molecule has 2 N–H and O–H groups in total. The van der Waals surface area contributed by atoms with Gasteiger partial charge in [-0.3, -0.25) is 0 Å². The summed E-state index contributed by atoms with van der Waals surface area (Å²) in [4.78, 5) is 0. The molecule has 6 aliphatic rings. The predicted molar refractivity (Wildman–Crippen MR) is 112 cm³/mol. The zero-order valence-electron chi connectivity index (χ0n) is 18.1. The minimum Gasteiger partial charge on any atom is -0.392 e. The van der Waals surface area contributed by atoms with Gasteiger partial charge in [0, 0.05) is 17.8 Å². The third kappa shape index (κ3) is 3.97. The maximum absolute atomic E-state index is 10.7. The van der Waals surface area contributed by atoms with Crippen LogP contribution in [0.1, 0.15) is 58.3 Å². The molecule has 5 heteroatoms. The van der Waals surface area contributed by atoms with E-state index in [4.69, 9.17) is 14.2 Å². The second kappa shape index (κ2) is 8.20. The number of rotatable bonds is 6. The highest BCUT2D eigenvalue weighted by Gasteiger charge is 2.50. The van der Waals surface area contributed by atoms with Crippen molar-refractivity contribution < 1.29 is 24.4 Å². The highest BCUT2D eigenvalue weighted by Crippen LogP contribution is 2.53. The quantitative estimate of drug-likeness (QED) is 0.510. The summed E-state index contributed by atoms with van der Waals surface area (Å²) in [6.45, 7) is 4.22. The van der Waals surface area contributed by atoms with Crippen molar-refractivity contribution in [2.24, 2.45) is 29.1 Å². The first-order chi connectivity index (χ1) is 14.5. The van der Waals surface area contributed by atoms with E-state index in [1.807, 2.05) is 6.08 Å². The molecule has 3 aliphatic carbocycles. The largest absolute Gasteiger partial charge is 0.392 e. The Labute approximate surface area is 179 Å². The van der Waals surface area contributed by atoms with Gasteiger partial charge in [-0.2, -0.15) is 0 Å². The number of aliphatic hydroxyl groups is 2. The lowest BCUT2D eigenvalue weighted by Gasteiger charge is -2.50. The SMILES string of the molecule is CC12COC(CCC=C=C3C[C@H]4[C@@H](O)[C@H](C=C[C@H](O)C5CCCC5)C[C@@H]34)(OC1)OC2. The molecule has 3 heterocycles. The summed E-state index contributed by atoms with van der Waals surface area (Å²) in [5, 5.41) is 21.1. The van der Waals surface area contributed by atoms with Crippen molar-refractivity contribution in [1.82, 2.24) is 0 Å². The molecule has 6 rings (SSSR count). The second-order valence-corrected chi connectivity index (χ2v) is 10.6. The van der Waals surface area contributed by atoms with Gasteiger partial charge < -0.3 is 24.4 Å². The van der Waals surface area contributed by atoms with Gasteiger partial charge in [-0.15, -0.1) is 5.73 Å². The average molecular weight is 417 g/mol. The van der Waals surface area contributed by atoms with Gasteiger partial charge in [-0.1, -0.05) is 31.9 Å². The third-order valence-corrected chi connectivity index (χ3v) is 8.07. The minimum atomic E-state index is -0.859. The summed E-state index contributed by atoms with van der Waals surface area (Å²) >= 11 is 0. The molecule has 0 unspecified atom stereocenters. The Morgan fingerprint density at radius 2 is 1.87 bits per heavy atom. The van der Waals surface area contributed by atoms with E-state index in [1.165, 1.54) is 18.4 Å². The van der Waals surface area contributed by atoms with E-state index in [0.717, 1.165) is 32.1 Å². The summed E-state index contributed by atoms with van der Waals surface area (Å²) in [5.41, 5.74) is 4.81. The van der Waals surface area contributed by atoms with Gasteiger partial charge in [0.25, 0.3) is 5.97 Å². The summed E-state index contributed by atoms with van der Waals surface area (Å²) in [5.74, 6) is 0.489. The van der Waals surface area contributed by atoms with Gasteiger partial charge in [0.05, 0.1) is 32.0 Å². The predicted octanol–water partition coefficient (Wildman–Crippen LogP) is 3.71. The Balaban J connectivity index is 1.12. The molecule has 3 saturated heterocycles. The summed E-state index contributed by atoms with van der Waals surface area (Å²) in [6.07, 6.45) is 13.6. The smallest absolute Gasteiger partial charge is 0.283 e. The lowest BCUT2D eigenvalue weighted by molar-refractivity contribution is -0.467. The van der Waals surface area contributed by atoms with Crippen molar-refractivity contribution in [1.29, 1.82) is 0 Å². The first-order valence-electron chi connectivity index (χ1n) is 11.9. The van der Waals surface area contributed by atoms with Crippen LogP contribution in [0.4, 0.5) is 0 Å². The van der Waals surface area contributed by atoms with Crippen LogP contribution in [0.5, 0.6) is 0 Å². The Morgan fingerprint density at radius 3 is 2.57 bits per heavy atom. The van der Waals surface area contributed by atoms with Gasteiger partial charge >= 0.3 is 0 Å². The number of aliphatic hydroxyl groups excluding tert-OH is 2. The normalized spacial score (nSPS) is 44.2. The van der Waals surface area contributed by atoms with E-state index in [9.17, 15) is 10.2 Å². The van der Waals surface area contributed by atoms with Crippen LogP contribution in [-0.4, -0.2) is 48.2 Å². The lowest BCUT2D eigenvalue weighted by Crippen LogP contribution is -2.58. The molecule has 3 aliphatic heterocycles. The molecular weight excluding hydrogens is 380 g/mol. The third-order valence-electron chi connectivity index (χ3n) is 8.07. The second-order valence-electron chi connectivity index (χ2n) is 10.6. The number of hydrogen-bond donors (Lipinski definition) is 2. The molecule has 0 amide bonds. The first kappa shape index (κ1) is 20.9. The average Bonchev–Trinajstić information content (AvgIpc) is 3.35. The van der Waals surface area contributed by atoms with Crippen LogP contribution in [0.25, 0.3) is 0 Å². The van der Waals surface area contributed by atoms with Gasteiger partial charge in [-0.25, -0.2) is 0 Å². The van der Waals surface area contributed by atoms with Crippen LogP contribution < -0.4 is 0 Å². The Morgan fingerprint density at radius 1 is 1.17 bits per heavy atom. The van der Waals surface area contributed by atoms with E-state index in [-0.39, 0.29) is 23.5 Å². The molecule has 0 aromatic heterocycles. The fraction of sp³-hybridized carbons (Fsp3) is 0.800. The monoisotopic (exact) mass is 416 g/mol. The van der Waals surface area contributed by atoms with E-state index in [1.54, 1.807) is 0 Å². The van der Waals surface area contributed by atoms with Crippen LogP contribution in [0.2, 0.25) is 0 Å². The topological polar surface area (TPSA) is 68.2 Å². The zero-order chi connectivity index (χ0) is 20.8. The first-order valence-corrected chi connectivity index (χ1v) is 11.9. The lowest BCUT2D eigenvalue weighted by atomic mass is 9.71. The number of allylic oxidation sites excluding steroid dienone is 1. The number of fused-ring (bicyclic) bond motifs is 4. The standard InChI is InChI=1S/C25H36O5/c1-24-14-28-25(29-15-24,30-16-24)11-5-4-8-18-12-21-20(18)13-19(23(21)27)9-10-22(26)17-6-2-3-7-17/h4,9-10,17,19-23,26-27H,2-3,5-7,11-16H2,1H3/t8?,19-,20+,21-,22+,23+,24?,25?/m1/s1. The molecule has 3 saturated carbocycles. The minimum absolute atomic E-state index is 0.00193. The van der Waals surface area contributed by atoms with Crippen molar-refractivity contribution in [3.8, 4) is 0 Å². The molecule has 0 aromatic carbocycles. The number of ether oxygens (including phenoxy) is 3. The molecule has 0 radical (unpaired) electrons. The van der Waals surface area contributed by atoms with Crippen LogP contribution in [0, 0.1) is 29.1 Å². The molecular formula is C25H36O5. The Kier molecular flexibility index (Phi) is 5.72. The van der Waals surface area contributed by atoms with E-state index in [0.29, 0.717) is 44.0 Å². The molecule has 5 atom stereocenters. The molecule has 30 heavy (non-hydrogen) atoms. The highest BCUT2D eigenvalue weighted by molar-refractivity contribution is 5.25. The maximum atomic E-state index is 10.7. The van der Waals surface area contributed by atoms with E-state index < -0.39 is 5.97 Å². The summed E-state index contributed by atoms with van der Waals surface area (Å²) in [7, 11) is 0. The van der Waals surface area contributed by atoms with E-state index >= 15 is 0 Å². The van der Waals surface area contributed by atoms with Crippen molar-refractivity contribution in [3.05, 3.63) is 29.5 Å². The Bertz CT molecular complexity index is 705. The van der Waals surface area contributed by atoms with E-state index in [2.05, 4.69) is 24.8 Å². The summed E-state index contributed by atoms with van der Waals surface area (Å²) in [6, 6.07) is 0. The van der Waals surface area contributed by atoms with Gasteiger partial charge in [0.1, 0.15) is 0 Å². The molecule has 0 aromatic rings. The number of hydrogen-bond acceptors (Lipinski definition) is 5. The highest BCUT2D eigenvalue weighted by atomic mass is 16.9. The van der Waals surface area contributed by atoms with Gasteiger partial charge in [0.15, 0.2) is 0 Å². The molecule has 166 valence electrons. The van der Waals surface area contributed by atoms with Crippen molar-refractivity contribution in [2.75, 3.05) is 19.8 Å². The van der Waals surface area contributed by atoms with Crippen LogP contribution in [0.3, 0.4) is 0 Å². The zero-order valence-corrected chi connectivity index (χ0v) is 18.1. The van der Waals surface area contributed by atoms with Crippen molar-refractivity contribution >= 4 is 0 Å². The molecule has 5 nitrogen and oxygen atoms in total. The van der Waals surface area contributed by atoms with Gasteiger partial charge in [-0.05, 0) is 61.5 Å². The van der Waals surface area contributed by atoms with Crippen LogP contribution >= 0.6 is 0 Å². The fourth-order valence-electron chi connectivity index (χ4n) is 5.91. The Hall–Kier alpha value is -0.940. The molecule has 0 spiro atoms. The summed E-state index contributed by atoms with van der Waals surface area (Å²) < 4.78 is 17.5. The molecule has 2 bridgehead atoms. The maximum Gasteiger partial charge on any atom is 0.283 e.